The summed E-state index contributed by atoms with van der Waals surface area (Å²) in [6, 6.07) is 1.99. The van der Waals surface area contributed by atoms with Gasteiger partial charge in [0.2, 0.25) is 0 Å². The highest BCUT2D eigenvalue weighted by Crippen LogP contribution is 2.17. The van der Waals surface area contributed by atoms with Crippen molar-refractivity contribution in [2.75, 3.05) is 19.6 Å². The van der Waals surface area contributed by atoms with Gasteiger partial charge < -0.3 is 4.90 Å². The van der Waals surface area contributed by atoms with E-state index in [1.165, 1.54) is 32.5 Å². The molecule has 128 valence electrons. The predicted octanol–water partition coefficient (Wildman–Crippen LogP) is 4.89. The summed E-state index contributed by atoms with van der Waals surface area (Å²) in [6.07, 6.45) is 2.56. The Morgan fingerprint density at radius 1 is 0.714 bits per heavy atom. The fourth-order valence-electron chi connectivity index (χ4n) is 3.63. The van der Waals surface area contributed by atoms with Crippen LogP contribution in [0, 0.1) is 11.8 Å². The van der Waals surface area contributed by atoms with Gasteiger partial charge >= 0.3 is 0 Å². The minimum atomic E-state index is 0.638. The van der Waals surface area contributed by atoms with Crippen LogP contribution in [0.3, 0.4) is 0 Å². The quantitative estimate of drug-likeness (QED) is 0.536. The van der Waals surface area contributed by atoms with Crippen molar-refractivity contribution in [1.82, 2.24) is 9.80 Å². The van der Waals surface area contributed by atoms with Crippen molar-refractivity contribution in [3.05, 3.63) is 0 Å². The molecule has 0 bridgehead atoms. The van der Waals surface area contributed by atoms with E-state index in [1.54, 1.807) is 0 Å². The number of hydrogen-bond donors (Lipinski definition) is 0. The zero-order valence-corrected chi connectivity index (χ0v) is 16.3. The first-order valence-electron chi connectivity index (χ1n) is 9.18. The first-order valence-corrected chi connectivity index (χ1v) is 9.18. The van der Waals surface area contributed by atoms with Gasteiger partial charge in [-0.05, 0) is 58.9 Å². The van der Waals surface area contributed by atoms with E-state index < -0.39 is 0 Å². The standard InChI is InChI=1S/C19H42N2/c1-10-19(21(17(6)7)18(8)9)11-12-20(13-15(2)3)14-16(4)5/h15-19H,10-14H2,1-9H3. The van der Waals surface area contributed by atoms with E-state index in [1.807, 2.05) is 0 Å². The molecular formula is C19H42N2. The third kappa shape index (κ3) is 8.83. The van der Waals surface area contributed by atoms with Crippen LogP contribution in [0.15, 0.2) is 0 Å². The van der Waals surface area contributed by atoms with Crippen LogP contribution in [-0.4, -0.2) is 47.6 Å². The number of hydrogen-bond acceptors (Lipinski definition) is 2. The third-order valence-electron chi connectivity index (χ3n) is 4.11. The molecule has 0 saturated heterocycles. The van der Waals surface area contributed by atoms with E-state index in [9.17, 15) is 0 Å². The summed E-state index contributed by atoms with van der Waals surface area (Å²) in [6.45, 7) is 24.7. The van der Waals surface area contributed by atoms with Crippen molar-refractivity contribution in [3.63, 3.8) is 0 Å². The van der Waals surface area contributed by atoms with Crippen molar-refractivity contribution >= 4 is 0 Å². The van der Waals surface area contributed by atoms with E-state index in [-0.39, 0.29) is 0 Å². The maximum Gasteiger partial charge on any atom is 0.0110 e. The van der Waals surface area contributed by atoms with Crippen LogP contribution < -0.4 is 0 Å². The lowest BCUT2D eigenvalue weighted by molar-refractivity contribution is 0.0897. The summed E-state index contributed by atoms with van der Waals surface area (Å²) in [4.78, 5) is 5.37. The van der Waals surface area contributed by atoms with Gasteiger partial charge in [0.05, 0.1) is 0 Å². The molecule has 0 amide bonds. The zero-order valence-electron chi connectivity index (χ0n) is 16.3. The van der Waals surface area contributed by atoms with Gasteiger partial charge in [-0.15, -0.1) is 0 Å². The molecule has 21 heavy (non-hydrogen) atoms. The van der Waals surface area contributed by atoms with Gasteiger partial charge in [-0.2, -0.15) is 0 Å². The highest BCUT2D eigenvalue weighted by molar-refractivity contribution is 4.78. The molecule has 0 radical (unpaired) electrons. The zero-order chi connectivity index (χ0) is 16.6. The Labute approximate surface area is 135 Å². The van der Waals surface area contributed by atoms with E-state index in [4.69, 9.17) is 0 Å². The molecule has 2 heteroatoms. The van der Waals surface area contributed by atoms with Crippen LogP contribution in [0.25, 0.3) is 0 Å². The largest absolute Gasteiger partial charge is 0.303 e. The Morgan fingerprint density at radius 2 is 1.14 bits per heavy atom. The van der Waals surface area contributed by atoms with Crippen LogP contribution in [-0.2, 0) is 0 Å². The summed E-state index contributed by atoms with van der Waals surface area (Å²) in [5.74, 6) is 1.52. The van der Waals surface area contributed by atoms with Crippen molar-refractivity contribution in [3.8, 4) is 0 Å². The molecule has 0 aliphatic carbocycles. The smallest absolute Gasteiger partial charge is 0.0110 e. The van der Waals surface area contributed by atoms with Crippen LogP contribution in [0.5, 0.6) is 0 Å². The fraction of sp³-hybridized carbons (Fsp3) is 1.00. The minimum Gasteiger partial charge on any atom is -0.303 e. The Balaban J connectivity index is 4.63. The van der Waals surface area contributed by atoms with Gasteiger partial charge in [-0.1, -0.05) is 34.6 Å². The average molecular weight is 299 g/mol. The molecular weight excluding hydrogens is 256 g/mol. The van der Waals surface area contributed by atoms with Gasteiger partial charge in [0.1, 0.15) is 0 Å². The second kappa shape index (κ2) is 10.6. The van der Waals surface area contributed by atoms with Gasteiger partial charge in [0, 0.05) is 31.2 Å². The average Bonchev–Trinajstić information content (AvgIpc) is 2.31. The maximum absolute atomic E-state index is 2.70. The Hall–Kier alpha value is -0.0800. The molecule has 0 heterocycles. The molecule has 0 N–H and O–H groups in total. The number of rotatable bonds is 11. The molecule has 0 spiro atoms. The highest BCUT2D eigenvalue weighted by Gasteiger charge is 2.23. The lowest BCUT2D eigenvalue weighted by atomic mass is 10.0. The summed E-state index contributed by atoms with van der Waals surface area (Å²) in [5, 5.41) is 0. The van der Waals surface area contributed by atoms with Crippen LogP contribution in [0.2, 0.25) is 0 Å². The predicted molar refractivity (Wildman–Crippen MR) is 96.9 cm³/mol. The lowest BCUT2D eigenvalue weighted by Gasteiger charge is -2.39. The van der Waals surface area contributed by atoms with Gasteiger partial charge in [0.25, 0.3) is 0 Å². The van der Waals surface area contributed by atoms with Gasteiger partial charge in [-0.25, -0.2) is 0 Å². The van der Waals surface area contributed by atoms with Crippen LogP contribution in [0.1, 0.15) is 75.2 Å². The summed E-state index contributed by atoms with van der Waals surface area (Å²) in [5.41, 5.74) is 0. The summed E-state index contributed by atoms with van der Waals surface area (Å²) >= 11 is 0. The third-order valence-corrected chi connectivity index (χ3v) is 4.11. The highest BCUT2D eigenvalue weighted by atomic mass is 15.2. The van der Waals surface area contributed by atoms with Gasteiger partial charge in [-0.3, -0.25) is 4.90 Å². The lowest BCUT2D eigenvalue weighted by Crippen LogP contribution is -2.46. The first-order chi connectivity index (χ1) is 9.68. The molecule has 0 aliphatic heterocycles. The molecule has 0 rings (SSSR count). The second-order valence-electron chi connectivity index (χ2n) is 8.03. The van der Waals surface area contributed by atoms with Crippen LogP contribution >= 0.6 is 0 Å². The van der Waals surface area contributed by atoms with Crippen molar-refractivity contribution in [2.24, 2.45) is 11.8 Å². The molecule has 1 unspecified atom stereocenters. The van der Waals surface area contributed by atoms with Crippen LogP contribution in [0.4, 0.5) is 0 Å². The second-order valence-corrected chi connectivity index (χ2v) is 8.03. The maximum atomic E-state index is 2.70. The normalized spacial score (nSPS) is 14.4. The molecule has 0 aromatic heterocycles. The Kier molecular flexibility index (Phi) is 10.6. The molecule has 0 saturated carbocycles. The Bertz CT molecular complexity index is 228. The minimum absolute atomic E-state index is 0.638. The Morgan fingerprint density at radius 3 is 1.43 bits per heavy atom. The van der Waals surface area contributed by atoms with E-state index >= 15 is 0 Å². The van der Waals surface area contributed by atoms with E-state index in [0.717, 1.165) is 11.8 Å². The van der Waals surface area contributed by atoms with E-state index in [0.29, 0.717) is 18.1 Å². The SMILES string of the molecule is CCC(CCN(CC(C)C)CC(C)C)N(C(C)C)C(C)C. The monoisotopic (exact) mass is 298 g/mol. The van der Waals surface area contributed by atoms with Crippen molar-refractivity contribution in [1.29, 1.82) is 0 Å². The molecule has 2 nitrogen and oxygen atoms in total. The van der Waals surface area contributed by atoms with Crippen molar-refractivity contribution in [2.45, 2.75) is 93.3 Å². The first kappa shape index (κ1) is 20.9. The van der Waals surface area contributed by atoms with Crippen molar-refractivity contribution < 1.29 is 0 Å². The molecule has 0 aliphatic rings. The fourth-order valence-corrected chi connectivity index (χ4v) is 3.63. The molecule has 0 aromatic carbocycles. The topological polar surface area (TPSA) is 6.48 Å². The van der Waals surface area contributed by atoms with E-state index in [2.05, 4.69) is 72.1 Å². The molecule has 0 fully saturated rings. The van der Waals surface area contributed by atoms with Gasteiger partial charge in [0.15, 0.2) is 0 Å². The summed E-state index contributed by atoms with van der Waals surface area (Å²) in [7, 11) is 0. The molecule has 1 atom stereocenters. The molecule has 0 aromatic rings. The summed E-state index contributed by atoms with van der Waals surface area (Å²) < 4.78 is 0. The number of nitrogens with zero attached hydrogens (tertiary/aromatic N) is 2.